The normalized spacial score (nSPS) is 22.6. The molecule has 2 aromatic rings. The van der Waals surface area contributed by atoms with Gasteiger partial charge in [0.25, 0.3) is 5.91 Å². The number of quaternary nitrogens is 2. The molecular formula is C20H28ClN3OS+2. The molecule has 6 heteroatoms. The Morgan fingerprint density at radius 1 is 1.19 bits per heavy atom. The highest BCUT2D eigenvalue weighted by atomic mass is 35.5. The Labute approximate surface area is 164 Å². The third kappa shape index (κ3) is 4.65. The molecule has 26 heavy (non-hydrogen) atoms. The summed E-state index contributed by atoms with van der Waals surface area (Å²) < 4.78 is 0. The first-order valence-corrected chi connectivity index (χ1v) is 10.6. The summed E-state index contributed by atoms with van der Waals surface area (Å²) in [4.78, 5) is 17.3. The van der Waals surface area contributed by atoms with Crippen LogP contribution in [0.2, 0.25) is 5.02 Å². The van der Waals surface area contributed by atoms with Crippen molar-refractivity contribution >= 4 is 28.8 Å². The predicted molar refractivity (Wildman–Crippen MR) is 107 cm³/mol. The number of amides is 1. The van der Waals surface area contributed by atoms with Gasteiger partial charge >= 0.3 is 0 Å². The Bertz CT molecular complexity index is 696. The first-order valence-electron chi connectivity index (χ1n) is 9.36. The molecule has 140 valence electrons. The summed E-state index contributed by atoms with van der Waals surface area (Å²) >= 11 is 7.72. The van der Waals surface area contributed by atoms with Crippen LogP contribution in [0.4, 0.5) is 0 Å². The molecule has 1 aliphatic heterocycles. The van der Waals surface area contributed by atoms with Crippen LogP contribution in [-0.2, 0) is 0 Å². The molecule has 4 nitrogen and oxygen atoms in total. The van der Waals surface area contributed by atoms with E-state index >= 15 is 0 Å². The Hall–Kier alpha value is -1.40. The number of carbonyl (C=O) groups is 1. The SMILES string of the molecule is CC[NH+]1CC[NH+]([C@@H](c2cccs2)[C@@H](C)NC(=O)c2ccc(Cl)cc2)CC1. The largest absolute Gasteiger partial charge is 0.343 e. The van der Waals surface area contributed by atoms with Gasteiger partial charge in [-0.25, -0.2) is 0 Å². The Kier molecular flexibility index (Phi) is 6.70. The van der Waals surface area contributed by atoms with Gasteiger partial charge in [0, 0.05) is 10.6 Å². The fourth-order valence-corrected chi connectivity index (χ4v) is 4.95. The van der Waals surface area contributed by atoms with Crippen molar-refractivity contribution in [1.29, 1.82) is 0 Å². The molecule has 0 aliphatic carbocycles. The molecule has 1 saturated heterocycles. The lowest BCUT2D eigenvalue weighted by Gasteiger charge is -2.36. The number of thiophene rings is 1. The zero-order valence-electron chi connectivity index (χ0n) is 15.4. The van der Waals surface area contributed by atoms with Crippen LogP contribution in [0.1, 0.15) is 35.1 Å². The highest BCUT2D eigenvalue weighted by molar-refractivity contribution is 7.10. The fourth-order valence-electron chi connectivity index (χ4n) is 3.83. The maximum absolute atomic E-state index is 12.7. The lowest BCUT2D eigenvalue weighted by atomic mass is 10.0. The number of halogens is 1. The van der Waals surface area contributed by atoms with Crippen LogP contribution in [0.15, 0.2) is 41.8 Å². The zero-order valence-corrected chi connectivity index (χ0v) is 17.0. The van der Waals surface area contributed by atoms with Gasteiger partial charge in [-0.05, 0) is 49.6 Å². The fraction of sp³-hybridized carbons (Fsp3) is 0.450. The molecule has 1 fully saturated rings. The van der Waals surface area contributed by atoms with Crippen molar-refractivity contribution in [3.8, 4) is 0 Å². The number of benzene rings is 1. The Morgan fingerprint density at radius 2 is 1.88 bits per heavy atom. The third-order valence-electron chi connectivity index (χ3n) is 5.35. The van der Waals surface area contributed by atoms with Crippen LogP contribution in [0.3, 0.4) is 0 Å². The van der Waals surface area contributed by atoms with E-state index in [-0.39, 0.29) is 11.9 Å². The summed E-state index contributed by atoms with van der Waals surface area (Å²) in [5.74, 6) is -0.0343. The highest BCUT2D eigenvalue weighted by Crippen LogP contribution is 2.20. The van der Waals surface area contributed by atoms with Crippen molar-refractivity contribution in [3.05, 3.63) is 57.2 Å². The summed E-state index contributed by atoms with van der Waals surface area (Å²) in [6, 6.07) is 11.7. The van der Waals surface area contributed by atoms with Gasteiger partial charge in [0.05, 0.1) is 17.5 Å². The van der Waals surface area contributed by atoms with Gasteiger partial charge in [-0.15, -0.1) is 11.3 Å². The van der Waals surface area contributed by atoms with Crippen molar-refractivity contribution < 1.29 is 14.6 Å². The minimum absolute atomic E-state index is 0.0343. The minimum Gasteiger partial charge on any atom is -0.343 e. The van der Waals surface area contributed by atoms with Crippen molar-refractivity contribution in [1.82, 2.24) is 5.32 Å². The molecule has 0 spiro atoms. The Morgan fingerprint density at radius 3 is 2.46 bits per heavy atom. The van der Waals surface area contributed by atoms with E-state index in [1.54, 1.807) is 45.4 Å². The molecule has 0 saturated carbocycles. The standard InChI is InChI=1S/C20H26ClN3OS/c1-3-23-10-12-24(13-11-23)19(18-5-4-14-26-18)15(2)22-20(25)16-6-8-17(21)9-7-16/h4-9,14-15,19H,3,10-13H2,1-2H3,(H,22,25)/p+2/t15-,19-/m1/s1. The summed E-state index contributed by atoms with van der Waals surface area (Å²) in [5.41, 5.74) is 0.654. The molecule has 1 amide bonds. The maximum Gasteiger partial charge on any atom is 0.251 e. The highest BCUT2D eigenvalue weighted by Gasteiger charge is 2.35. The van der Waals surface area contributed by atoms with E-state index in [4.69, 9.17) is 11.6 Å². The van der Waals surface area contributed by atoms with E-state index in [1.165, 1.54) is 24.5 Å². The molecule has 2 atom stereocenters. The number of hydrogen-bond donors (Lipinski definition) is 3. The van der Waals surface area contributed by atoms with Crippen LogP contribution in [-0.4, -0.2) is 44.7 Å². The smallest absolute Gasteiger partial charge is 0.251 e. The van der Waals surface area contributed by atoms with E-state index in [9.17, 15) is 4.79 Å². The molecule has 3 N–H and O–H groups in total. The van der Waals surface area contributed by atoms with Crippen LogP contribution < -0.4 is 15.1 Å². The first-order chi connectivity index (χ1) is 12.6. The molecule has 0 radical (unpaired) electrons. The maximum atomic E-state index is 12.7. The molecule has 2 heterocycles. The predicted octanol–water partition coefficient (Wildman–Crippen LogP) is 1.06. The third-order valence-corrected chi connectivity index (χ3v) is 6.56. The summed E-state index contributed by atoms with van der Waals surface area (Å²) in [6.45, 7) is 10.3. The van der Waals surface area contributed by atoms with Gasteiger partial charge < -0.3 is 15.1 Å². The van der Waals surface area contributed by atoms with Gasteiger partial charge in [-0.1, -0.05) is 17.7 Å². The second-order valence-corrected chi connectivity index (χ2v) is 8.44. The lowest BCUT2D eigenvalue weighted by Crippen LogP contribution is -3.28. The van der Waals surface area contributed by atoms with E-state index in [1.807, 2.05) is 0 Å². The van der Waals surface area contributed by atoms with E-state index in [2.05, 4.69) is 36.7 Å². The van der Waals surface area contributed by atoms with Crippen molar-refractivity contribution in [2.75, 3.05) is 32.7 Å². The van der Waals surface area contributed by atoms with Crippen molar-refractivity contribution in [3.63, 3.8) is 0 Å². The van der Waals surface area contributed by atoms with Crippen molar-refractivity contribution in [2.45, 2.75) is 25.9 Å². The average molecular weight is 394 g/mol. The summed E-state index contributed by atoms with van der Waals surface area (Å²) in [6.07, 6.45) is 0. The molecule has 1 aliphatic rings. The number of hydrogen-bond acceptors (Lipinski definition) is 2. The van der Waals surface area contributed by atoms with Gasteiger partial charge in [0.1, 0.15) is 32.2 Å². The number of nitrogens with one attached hydrogen (secondary N) is 3. The minimum atomic E-state index is -0.0343. The summed E-state index contributed by atoms with van der Waals surface area (Å²) in [7, 11) is 0. The quantitative estimate of drug-likeness (QED) is 0.674. The number of piperazine rings is 1. The molecule has 1 aromatic carbocycles. The average Bonchev–Trinajstić information content (AvgIpc) is 3.17. The van der Waals surface area contributed by atoms with Crippen molar-refractivity contribution in [2.24, 2.45) is 0 Å². The lowest BCUT2D eigenvalue weighted by molar-refractivity contribution is -1.03. The van der Waals surface area contributed by atoms with Crippen LogP contribution in [0, 0.1) is 0 Å². The second kappa shape index (κ2) is 9.00. The van der Waals surface area contributed by atoms with Crippen LogP contribution in [0.5, 0.6) is 0 Å². The van der Waals surface area contributed by atoms with Gasteiger partial charge in [0.2, 0.25) is 0 Å². The Balaban J connectivity index is 1.72. The second-order valence-electron chi connectivity index (χ2n) is 7.02. The molecule has 0 unspecified atom stereocenters. The van der Waals surface area contributed by atoms with E-state index in [0.717, 1.165) is 13.1 Å². The van der Waals surface area contributed by atoms with Crippen LogP contribution in [0.25, 0.3) is 0 Å². The summed E-state index contributed by atoms with van der Waals surface area (Å²) in [5, 5.41) is 6.00. The molecule has 1 aromatic heterocycles. The molecule has 3 rings (SSSR count). The van der Waals surface area contributed by atoms with E-state index < -0.39 is 0 Å². The van der Waals surface area contributed by atoms with Gasteiger partial charge in [0.15, 0.2) is 0 Å². The topological polar surface area (TPSA) is 38.0 Å². The van der Waals surface area contributed by atoms with Gasteiger partial charge in [-0.2, -0.15) is 0 Å². The molecule has 0 bridgehead atoms. The number of rotatable bonds is 6. The first kappa shape index (κ1) is 19.4. The van der Waals surface area contributed by atoms with E-state index in [0.29, 0.717) is 16.6 Å². The number of carbonyl (C=O) groups excluding carboxylic acids is 1. The zero-order chi connectivity index (χ0) is 18.5. The van der Waals surface area contributed by atoms with Crippen LogP contribution >= 0.6 is 22.9 Å². The van der Waals surface area contributed by atoms with Gasteiger partial charge in [-0.3, -0.25) is 4.79 Å². The molecular weight excluding hydrogens is 366 g/mol. The monoisotopic (exact) mass is 393 g/mol. The number of likely N-dealkylation sites (N-methyl/N-ethyl adjacent to an activating group) is 1.